The van der Waals surface area contributed by atoms with Gasteiger partial charge in [-0.3, -0.25) is 9.59 Å². The van der Waals surface area contributed by atoms with Gasteiger partial charge >= 0.3 is 0 Å². The fraction of sp³-hybridized carbons (Fsp3) is 0.833. The maximum absolute atomic E-state index is 12.2. The summed E-state index contributed by atoms with van der Waals surface area (Å²) >= 11 is 0. The monoisotopic (exact) mass is 241 g/mol. The summed E-state index contributed by atoms with van der Waals surface area (Å²) in [7, 11) is 0. The molecule has 0 unspecified atom stereocenters. The molecule has 1 fully saturated rings. The normalized spacial score (nSPS) is 16.9. The van der Waals surface area contributed by atoms with Gasteiger partial charge in [-0.15, -0.1) is 0 Å². The molecule has 0 aliphatic carbocycles. The van der Waals surface area contributed by atoms with Crippen LogP contribution in [-0.4, -0.2) is 42.4 Å². The van der Waals surface area contributed by atoms with E-state index in [9.17, 15) is 9.59 Å². The van der Waals surface area contributed by atoms with Crippen molar-refractivity contribution in [2.75, 3.05) is 19.6 Å². The molecule has 3 N–H and O–H groups in total. The van der Waals surface area contributed by atoms with Crippen molar-refractivity contribution in [1.82, 2.24) is 10.2 Å². The number of hydrogen-bond acceptors (Lipinski definition) is 3. The van der Waals surface area contributed by atoms with Gasteiger partial charge in [0.1, 0.15) is 6.04 Å². The Labute approximate surface area is 103 Å². The number of nitrogens with one attached hydrogen (secondary N) is 1. The first kappa shape index (κ1) is 14.0. The summed E-state index contributed by atoms with van der Waals surface area (Å²) in [6.45, 7) is 3.73. The average molecular weight is 241 g/mol. The highest BCUT2D eigenvalue weighted by molar-refractivity contribution is 5.86. The molecule has 0 aromatic rings. The summed E-state index contributed by atoms with van der Waals surface area (Å²) in [6.07, 6.45) is 4.60. The van der Waals surface area contributed by atoms with Crippen LogP contribution < -0.4 is 11.1 Å². The fourth-order valence-electron chi connectivity index (χ4n) is 2.15. The van der Waals surface area contributed by atoms with Gasteiger partial charge in [-0.1, -0.05) is 0 Å². The molecular weight excluding hydrogens is 218 g/mol. The number of carbonyl (C=O) groups is 2. The van der Waals surface area contributed by atoms with Crippen molar-refractivity contribution in [2.24, 2.45) is 5.73 Å². The molecule has 0 spiro atoms. The van der Waals surface area contributed by atoms with E-state index in [1.165, 1.54) is 6.92 Å². The van der Waals surface area contributed by atoms with Gasteiger partial charge in [0, 0.05) is 20.0 Å². The minimum Gasteiger partial charge on any atom is -0.345 e. The molecule has 1 aliphatic rings. The Morgan fingerprint density at radius 1 is 1.29 bits per heavy atom. The van der Waals surface area contributed by atoms with Gasteiger partial charge in [0.2, 0.25) is 11.8 Å². The Hall–Kier alpha value is -1.10. The van der Waals surface area contributed by atoms with Crippen LogP contribution in [0.3, 0.4) is 0 Å². The number of nitrogens with two attached hydrogens (primary N) is 1. The van der Waals surface area contributed by atoms with Crippen molar-refractivity contribution in [1.29, 1.82) is 0 Å². The molecule has 5 nitrogen and oxygen atoms in total. The number of likely N-dealkylation sites (tertiary alicyclic amines) is 1. The molecule has 0 aromatic carbocycles. The van der Waals surface area contributed by atoms with E-state index in [2.05, 4.69) is 5.32 Å². The molecule has 0 saturated carbocycles. The largest absolute Gasteiger partial charge is 0.345 e. The number of amides is 2. The lowest BCUT2D eigenvalue weighted by Crippen LogP contribution is -2.47. The number of nitrogens with zero attached hydrogens (tertiary/aromatic N) is 1. The third-order valence-electron chi connectivity index (χ3n) is 3.04. The zero-order valence-electron chi connectivity index (χ0n) is 10.6. The zero-order chi connectivity index (χ0) is 12.7. The lowest BCUT2D eigenvalue weighted by atomic mass is 10.1. The Morgan fingerprint density at radius 2 is 1.94 bits per heavy atom. The van der Waals surface area contributed by atoms with Crippen LogP contribution in [0.1, 0.15) is 39.0 Å². The van der Waals surface area contributed by atoms with Crippen molar-refractivity contribution >= 4 is 11.8 Å². The van der Waals surface area contributed by atoms with Crippen LogP contribution in [0, 0.1) is 0 Å². The van der Waals surface area contributed by atoms with Crippen LogP contribution in [-0.2, 0) is 9.59 Å². The zero-order valence-corrected chi connectivity index (χ0v) is 10.6. The molecule has 1 saturated heterocycles. The molecule has 0 radical (unpaired) electrons. The van der Waals surface area contributed by atoms with Crippen molar-refractivity contribution in [3.63, 3.8) is 0 Å². The third-order valence-corrected chi connectivity index (χ3v) is 3.04. The maximum atomic E-state index is 12.2. The first-order chi connectivity index (χ1) is 8.15. The molecule has 5 heteroatoms. The quantitative estimate of drug-likeness (QED) is 0.654. The van der Waals surface area contributed by atoms with Gasteiger partial charge in [-0.05, 0) is 38.6 Å². The van der Waals surface area contributed by atoms with Gasteiger partial charge in [-0.25, -0.2) is 0 Å². The highest BCUT2D eigenvalue weighted by Crippen LogP contribution is 2.12. The van der Waals surface area contributed by atoms with E-state index in [1.54, 1.807) is 0 Å². The predicted octanol–water partition coefficient (Wildman–Crippen LogP) is 0.243. The van der Waals surface area contributed by atoms with Gasteiger partial charge in [-0.2, -0.15) is 0 Å². The molecule has 17 heavy (non-hydrogen) atoms. The summed E-state index contributed by atoms with van der Waals surface area (Å²) in [4.78, 5) is 25.1. The molecule has 98 valence electrons. The molecule has 2 amide bonds. The first-order valence-corrected chi connectivity index (χ1v) is 6.41. The molecule has 0 aromatic heterocycles. The van der Waals surface area contributed by atoms with E-state index in [4.69, 9.17) is 5.73 Å². The second-order valence-corrected chi connectivity index (χ2v) is 4.57. The van der Waals surface area contributed by atoms with Crippen molar-refractivity contribution in [2.45, 2.75) is 45.1 Å². The minimum absolute atomic E-state index is 0.0646. The standard InChI is InChI=1S/C12H23N3O2/c1-10(16)14-11(6-2-3-7-13)12(17)15-8-4-5-9-15/h11H,2-9,13H2,1H3,(H,14,16)/t11-/m0/s1. The van der Waals surface area contributed by atoms with Crippen molar-refractivity contribution < 1.29 is 9.59 Å². The maximum Gasteiger partial charge on any atom is 0.245 e. The van der Waals surface area contributed by atoms with Crippen LogP contribution >= 0.6 is 0 Å². The molecule has 1 aliphatic heterocycles. The smallest absolute Gasteiger partial charge is 0.245 e. The van der Waals surface area contributed by atoms with Gasteiger partial charge in [0.25, 0.3) is 0 Å². The van der Waals surface area contributed by atoms with Crippen LogP contribution in [0.2, 0.25) is 0 Å². The summed E-state index contributed by atoms with van der Waals surface area (Å²) in [5.41, 5.74) is 5.43. The van der Waals surface area contributed by atoms with Crippen LogP contribution in [0.25, 0.3) is 0 Å². The highest BCUT2D eigenvalue weighted by atomic mass is 16.2. The summed E-state index contributed by atoms with van der Waals surface area (Å²) in [5.74, 6) is -0.0787. The number of carbonyl (C=O) groups excluding carboxylic acids is 2. The van der Waals surface area contributed by atoms with Crippen LogP contribution in [0.15, 0.2) is 0 Å². The van der Waals surface area contributed by atoms with Gasteiger partial charge < -0.3 is 16.0 Å². The van der Waals surface area contributed by atoms with Gasteiger partial charge in [0.05, 0.1) is 0 Å². The number of hydrogen-bond donors (Lipinski definition) is 2. The molecule has 1 rings (SSSR count). The topological polar surface area (TPSA) is 75.4 Å². The Bertz CT molecular complexity index is 262. The summed E-state index contributed by atoms with van der Waals surface area (Å²) in [6, 6.07) is -0.364. The molecule has 1 heterocycles. The highest BCUT2D eigenvalue weighted by Gasteiger charge is 2.26. The fourth-order valence-corrected chi connectivity index (χ4v) is 2.15. The SMILES string of the molecule is CC(=O)N[C@@H](CCCCN)C(=O)N1CCCC1. The lowest BCUT2D eigenvalue weighted by molar-refractivity contribution is -0.135. The third kappa shape index (κ3) is 4.73. The molecular formula is C12H23N3O2. The van der Waals surface area contributed by atoms with E-state index in [1.807, 2.05) is 4.90 Å². The van der Waals surface area contributed by atoms with E-state index in [0.717, 1.165) is 38.8 Å². The Morgan fingerprint density at radius 3 is 2.47 bits per heavy atom. The second kappa shape index (κ2) is 7.27. The van der Waals surface area contributed by atoms with E-state index in [-0.39, 0.29) is 17.9 Å². The predicted molar refractivity (Wildman–Crippen MR) is 66.3 cm³/mol. The first-order valence-electron chi connectivity index (χ1n) is 6.41. The van der Waals surface area contributed by atoms with Crippen LogP contribution in [0.5, 0.6) is 0 Å². The van der Waals surface area contributed by atoms with Crippen LogP contribution in [0.4, 0.5) is 0 Å². The van der Waals surface area contributed by atoms with E-state index >= 15 is 0 Å². The van der Waals surface area contributed by atoms with E-state index < -0.39 is 0 Å². The van der Waals surface area contributed by atoms with E-state index in [0.29, 0.717) is 13.0 Å². The lowest BCUT2D eigenvalue weighted by Gasteiger charge is -2.23. The Kier molecular flexibility index (Phi) is 5.97. The molecule has 1 atom stereocenters. The number of rotatable bonds is 6. The molecule has 0 bridgehead atoms. The number of unbranched alkanes of at least 4 members (excludes halogenated alkanes) is 1. The minimum atomic E-state index is -0.364. The van der Waals surface area contributed by atoms with Gasteiger partial charge in [0.15, 0.2) is 0 Å². The Balaban J connectivity index is 2.47. The summed E-state index contributed by atoms with van der Waals surface area (Å²) in [5, 5.41) is 2.74. The van der Waals surface area contributed by atoms with Crippen molar-refractivity contribution in [3.8, 4) is 0 Å². The average Bonchev–Trinajstić information content (AvgIpc) is 2.80. The summed E-state index contributed by atoms with van der Waals surface area (Å²) < 4.78 is 0. The second-order valence-electron chi connectivity index (χ2n) is 4.57. The van der Waals surface area contributed by atoms with Crippen molar-refractivity contribution in [3.05, 3.63) is 0 Å².